The minimum atomic E-state index is 0.155. The van der Waals surface area contributed by atoms with Gasteiger partial charge in [-0.25, -0.2) is 0 Å². The van der Waals surface area contributed by atoms with Gasteiger partial charge in [-0.2, -0.15) is 0 Å². The molecule has 1 aliphatic rings. The van der Waals surface area contributed by atoms with E-state index >= 15 is 0 Å². The molecule has 0 aromatic heterocycles. The molecular formula is C27H29N2O. The lowest BCUT2D eigenvalue weighted by Crippen LogP contribution is -2.41. The molecule has 3 nitrogen and oxygen atoms in total. The first-order valence-corrected chi connectivity index (χ1v) is 10.4. The van der Waals surface area contributed by atoms with Crippen LogP contribution in [0.15, 0.2) is 78.9 Å². The molecule has 0 spiro atoms. The zero-order valence-electron chi connectivity index (χ0n) is 18.2. The quantitative estimate of drug-likeness (QED) is 0.527. The van der Waals surface area contributed by atoms with E-state index in [1.165, 1.54) is 16.8 Å². The molecule has 1 radical (unpaired) electrons. The molecule has 30 heavy (non-hydrogen) atoms. The molecule has 0 saturated carbocycles. The van der Waals surface area contributed by atoms with E-state index in [2.05, 4.69) is 97.3 Å². The first-order chi connectivity index (χ1) is 14.5. The van der Waals surface area contributed by atoms with E-state index in [9.17, 15) is 0 Å². The number of rotatable bonds is 4. The molecule has 153 valence electrons. The fourth-order valence-corrected chi connectivity index (χ4v) is 3.73. The van der Waals surface area contributed by atoms with E-state index in [1.807, 2.05) is 18.2 Å². The van der Waals surface area contributed by atoms with Crippen molar-refractivity contribution in [2.45, 2.75) is 26.2 Å². The van der Waals surface area contributed by atoms with Crippen molar-refractivity contribution in [1.29, 1.82) is 0 Å². The topological polar surface area (TPSA) is 15.7 Å². The number of ether oxygens (including phenoxy) is 1. The molecule has 3 heteroatoms. The highest BCUT2D eigenvalue weighted by Gasteiger charge is 2.23. The number of hydrogen-bond acceptors (Lipinski definition) is 3. The molecule has 0 atom stereocenters. The Morgan fingerprint density at radius 3 is 2.03 bits per heavy atom. The third kappa shape index (κ3) is 4.20. The van der Waals surface area contributed by atoms with Crippen LogP contribution in [0.25, 0.3) is 5.70 Å². The van der Waals surface area contributed by atoms with Gasteiger partial charge in [0, 0.05) is 24.0 Å². The lowest BCUT2D eigenvalue weighted by atomic mass is 9.87. The van der Waals surface area contributed by atoms with E-state index in [0.29, 0.717) is 0 Å². The van der Waals surface area contributed by atoms with Crippen LogP contribution in [0.3, 0.4) is 0 Å². The lowest BCUT2D eigenvalue weighted by molar-refractivity contribution is 0.415. The fourth-order valence-electron chi connectivity index (χ4n) is 3.73. The third-order valence-electron chi connectivity index (χ3n) is 5.55. The Kier molecular flexibility index (Phi) is 5.54. The molecule has 1 aliphatic heterocycles. The second kappa shape index (κ2) is 8.27. The Hall–Kier alpha value is -3.20. The second-order valence-electron chi connectivity index (χ2n) is 8.65. The van der Waals surface area contributed by atoms with Crippen molar-refractivity contribution in [1.82, 2.24) is 0 Å². The minimum absolute atomic E-state index is 0.155. The van der Waals surface area contributed by atoms with Gasteiger partial charge in [0.25, 0.3) is 0 Å². The Morgan fingerprint density at radius 1 is 0.800 bits per heavy atom. The van der Waals surface area contributed by atoms with Crippen molar-refractivity contribution < 1.29 is 4.74 Å². The second-order valence-corrected chi connectivity index (χ2v) is 8.65. The summed E-state index contributed by atoms with van der Waals surface area (Å²) in [6.07, 6.45) is 3.64. The van der Waals surface area contributed by atoms with Crippen LogP contribution in [0, 0.1) is 6.08 Å². The average Bonchev–Trinajstić information content (AvgIpc) is 2.79. The molecule has 0 unspecified atom stereocenters. The van der Waals surface area contributed by atoms with Crippen LogP contribution in [0.5, 0.6) is 5.75 Å². The summed E-state index contributed by atoms with van der Waals surface area (Å²) in [5.41, 5.74) is 6.13. The van der Waals surface area contributed by atoms with E-state index in [-0.39, 0.29) is 5.41 Å². The normalized spacial score (nSPS) is 14.5. The lowest BCUT2D eigenvalue weighted by Gasteiger charge is -2.38. The van der Waals surface area contributed by atoms with Crippen LogP contribution in [0.4, 0.5) is 11.4 Å². The van der Waals surface area contributed by atoms with Gasteiger partial charge in [0.2, 0.25) is 0 Å². The SMILES string of the molecule is COc1ccc(N2CN(c3ccc(C(C)(C)C)cc3)C[C]=C2c2ccccc2)cc1. The predicted molar refractivity (Wildman–Crippen MR) is 126 cm³/mol. The van der Waals surface area contributed by atoms with Gasteiger partial charge >= 0.3 is 0 Å². The molecule has 0 saturated heterocycles. The molecule has 0 aliphatic carbocycles. The van der Waals surface area contributed by atoms with Gasteiger partial charge < -0.3 is 14.5 Å². The number of nitrogens with zero attached hydrogens (tertiary/aromatic N) is 2. The number of methoxy groups -OCH3 is 1. The summed E-state index contributed by atoms with van der Waals surface area (Å²) in [4.78, 5) is 4.67. The highest BCUT2D eigenvalue weighted by atomic mass is 16.5. The fraction of sp³-hybridized carbons (Fsp3) is 0.259. The largest absolute Gasteiger partial charge is 0.497 e. The molecule has 0 N–H and O–H groups in total. The molecule has 1 heterocycles. The number of benzene rings is 3. The standard InChI is InChI=1S/C27H29N2O/c1-27(2,3)22-10-12-23(13-11-22)28-19-18-26(21-8-6-5-7-9-21)29(20-28)24-14-16-25(30-4)17-15-24/h5-17H,19-20H2,1-4H3. The summed E-state index contributed by atoms with van der Waals surface area (Å²) >= 11 is 0. The Balaban J connectivity index is 1.67. The highest BCUT2D eigenvalue weighted by Crippen LogP contribution is 2.32. The molecule has 3 aromatic carbocycles. The zero-order valence-corrected chi connectivity index (χ0v) is 18.2. The zero-order chi connectivity index (χ0) is 21.1. The van der Waals surface area contributed by atoms with Crippen LogP contribution in [0.2, 0.25) is 0 Å². The molecule has 0 bridgehead atoms. The Morgan fingerprint density at radius 2 is 1.43 bits per heavy atom. The predicted octanol–water partition coefficient (Wildman–Crippen LogP) is 6.12. The van der Waals surface area contributed by atoms with Crippen molar-refractivity contribution in [3.05, 3.63) is 96.1 Å². The van der Waals surface area contributed by atoms with E-state index in [4.69, 9.17) is 4.74 Å². The van der Waals surface area contributed by atoms with Crippen LogP contribution in [-0.4, -0.2) is 20.3 Å². The molecular weight excluding hydrogens is 368 g/mol. The third-order valence-corrected chi connectivity index (χ3v) is 5.55. The first-order valence-electron chi connectivity index (χ1n) is 10.4. The van der Waals surface area contributed by atoms with E-state index in [1.54, 1.807) is 7.11 Å². The summed E-state index contributed by atoms with van der Waals surface area (Å²) in [7, 11) is 1.70. The van der Waals surface area contributed by atoms with Crippen molar-refractivity contribution in [3.8, 4) is 5.75 Å². The smallest absolute Gasteiger partial charge is 0.119 e. The Bertz CT molecular complexity index is 999. The molecule has 0 amide bonds. The molecule has 0 fully saturated rings. The average molecular weight is 398 g/mol. The van der Waals surface area contributed by atoms with Gasteiger partial charge in [-0.05, 0) is 52.9 Å². The van der Waals surface area contributed by atoms with Crippen molar-refractivity contribution in [3.63, 3.8) is 0 Å². The summed E-state index contributed by atoms with van der Waals surface area (Å²) in [5, 5.41) is 0. The van der Waals surface area contributed by atoms with Crippen molar-refractivity contribution >= 4 is 17.1 Å². The van der Waals surface area contributed by atoms with Gasteiger partial charge in [-0.1, -0.05) is 63.2 Å². The van der Waals surface area contributed by atoms with Gasteiger partial charge in [0.1, 0.15) is 5.75 Å². The minimum Gasteiger partial charge on any atom is -0.497 e. The molecule has 4 rings (SSSR count). The summed E-state index contributed by atoms with van der Waals surface area (Å²) < 4.78 is 5.35. The van der Waals surface area contributed by atoms with Gasteiger partial charge in [0.15, 0.2) is 0 Å². The molecule has 3 aromatic rings. The highest BCUT2D eigenvalue weighted by molar-refractivity contribution is 5.80. The number of hydrogen-bond donors (Lipinski definition) is 0. The van der Waals surface area contributed by atoms with E-state index < -0.39 is 0 Å². The maximum atomic E-state index is 5.35. The van der Waals surface area contributed by atoms with Gasteiger partial charge in [0.05, 0.1) is 19.5 Å². The van der Waals surface area contributed by atoms with Crippen LogP contribution in [-0.2, 0) is 5.41 Å². The van der Waals surface area contributed by atoms with Crippen molar-refractivity contribution in [2.24, 2.45) is 0 Å². The van der Waals surface area contributed by atoms with Gasteiger partial charge in [-0.3, -0.25) is 0 Å². The van der Waals surface area contributed by atoms with Gasteiger partial charge in [-0.15, -0.1) is 0 Å². The van der Waals surface area contributed by atoms with E-state index in [0.717, 1.165) is 30.3 Å². The summed E-state index contributed by atoms with van der Waals surface area (Å²) in [6.45, 7) is 8.26. The maximum absolute atomic E-state index is 5.35. The summed E-state index contributed by atoms with van der Waals surface area (Å²) in [6, 6.07) is 27.7. The summed E-state index contributed by atoms with van der Waals surface area (Å²) in [5.74, 6) is 0.861. The van der Waals surface area contributed by atoms with Crippen LogP contribution in [0.1, 0.15) is 31.9 Å². The number of anilines is 2. The first kappa shape index (κ1) is 20.1. The Labute approximate surface area is 180 Å². The van der Waals surface area contributed by atoms with Crippen LogP contribution < -0.4 is 14.5 Å². The monoisotopic (exact) mass is 397 g/mol. The maximum Gasteiger partial charge on any atom is 0.119 e. The van der Waals surface area contributed by atoms with Crippen LogP contribution >= 0.6 is 0 Å². The van der Waals surface area contributed by atoms with Crippen molar-refractivity contribution in [2.75, 3.05) is 30.1 Å².